The van der Waals surface area contributed by atoms with Crippen molar-refractivity contribution in [1.29, 1.82) is 0 Å². The van der Waals surface area contributed by atoms with Crippen molar-refractivity contribution >= 4 is 23.7 Å². The number of epoxide rings is 1. The zero-order chi connectivity index (χ0) is 21.0. The normalized spacial score (nSPS) is 24.9. The molecule has 2 saturated heterocycles. The van der Waals surface area contributed by atoms with E-state index in [9.17, 15) is 24.3 Å². The summed E-state index contributed by atoms with van der Waals surface area (Å²) in [7, 11) is 0. The third-order valence-corrected chi connectivity index (χ3v) is 4.84. The number of ether oxygens (including phenoxy) is 1. The highest BCUT2D eigenvalue weighted by Crippen LogP contribution is 2.24. The standard InChI is InChI=1S/C19H31N3O6/c1-10(2)8-12(18(25)22-7-5-6-13(22)19(26)27)21-17(24)15-14(28-15)16(23)20-9-11(3)4/h10-15H,5-9H2,1-4H3,(H,20,23)(H,21,24)(H,26,27)/t12-,13-,14-,15-/m0/s1. The number of amides is 3. The molecule has 4 atom stereocenters. The first kappa shape index (κ1) is 22.1. The molecule has 0 saturated carbocycles. The molecule has 9 nitrogen and oxygen atoms in total. The first-order valence-electron chi connectivity index (χ1n) is 9.88. The van der Waals surface area contributed by atoms with Gasteiger partial charge in [0.1, 0.15) is 12.1 Å². The van der Waals surface area contributed by atoms with Gasteiger partial charge in [-0.15, -0.1) is 0 Å². The van der Waals surface area contributed by atoms with Crippen LogP contribution in [0.2, 0.25) is 0 Å². The van der Waals surface area contributed by atoms with Crippen LogP contribution < -0.4 is 10.6 Å². The maximum absolute atomic E-state index is 12.9. The van der Waals surface area contributed by atoms with Crippen molar-refractivity contribution in [2.75, 3.05) is 13.1 Å². The van der Waals surface area contributed by atoms with Crippen LogP contribution in [0, 0.1) is 11.8 Å². The molecule has 0 aromatic heterocycles. The number of nitrogens with one attached hydrogen (secondary N) is 2. The maximum atomic E-state index is 12.9. The second kappa shape index (κ2) is 9.36. The third kappa shape index (κ3) is 5.67. The van der Waals surface area contributed by atoms with Gasteiger partial charge in [-0.25, -0.2) is 4.79 Å². The van der Waals surface area contributed by atoms with Crippen LogP contribution in [-0.2, 0) is 23.9 Å². The summed E-state index contributed by atoms with van der Waals surface area (Å²) in [5.74, 6) is -1.89. The minimum absolute atomic E-state index is 0.116. The van der Waals surface area contributed by atoms with Crippen molar-refractivity contribution in [3.8, 4) is 0 Å². The SMILES string of the molecule is CC(C)CNC(=O)[C@H]1O[C@@H]1C(=O)N[C@@H](CC(C)C)C(=O)N1CCC[C@H]1C(=O)O. The molecule has 3 N–H and O–H groups in total. The van der Waals surface area contributed by atoms with Gasteiger partial charge in [0.25, 0.3) is 11.8 Å². The van der Waals surface area contributed by atoms with E-state index in [1.165, 1.54) is 4.90 Å². The van der Waals surface area contributed by atoms with Crippen LogP contribution in [0.3, 0.4) is 0 Å². The van der Waals surface area contributed by atoms with Crippen molar-refractivity contribution in [2.45, 2.75) is 71.2 Å². The quantitative estimate of drug-likeness (QED) is 0.475. The molecular weight excluding hydrogens is 366 g/mol. The number of carboxylic acids is 1. The smallest absolute Gasteiger partial charge is 0.326 e. The number of hydrogen-bond acceptors (Lipinski definition) is 5. The molecule has 0 bridgehead atoms. The average Bonchev–Trinajstić information content (AvgIpc) is 3.26. The van der Waals surface area contributed by atoms with E-state index in [1.54, 1.807) is 0 Å². The highest BCUT2D eigenvalue weighted by atomic mass is 16.6. The summed E-state index contributed by atoms with van der Waals surface area (Å²) in [6.45, 7) is 8.61. The van der Waals surface area contributed by atoms with Crippen molar-refractivity contribution < 1.29 is 29.0 Å². The number of aliphatic carboxylic acids is 1. The molecule has 2 fully saturated rings. The predicted octanol–water partition coefficient (Wildman–Crippen LogP) is 0.133. The van der Waals surface area contributed by atoms with E-state index in [2.05, 4.69) is 10.6 Å². The molecule has 0 aromatic carbocycles. The Bertz CT molecular complexity index is 621. The molecule has 0 radical (unpaired) electrons. The molecule has 0 aliphatic carbocycles. The fraction of sp³-hybridized carbons (Fsp3) is 0.789. The Hall–Kier alpha value is -2.16. The third-order valence-electron chi connectivity index (χ3n) is 4.84. The lowest BCUT2D eigenvalue weighted by atomic mass is 10.0. The van der Waals surface area contributed by atoms with Crippen LogP contribution in [0.5, 0.6) is 0 Å². The lowest BCUT2D eigenvalue weighted by Gasteiger charge is -2.28. The molecule has 0 unspecified atom stereocenters. The molecule has 2 rings (SSSR count). The Morgan fingerprint density at radius 2 is 1.71 bits per heavy atom. The molecular formula is C19H31N3O6. The fourth-order valence-electron chi connectivity index (χ4n) is 3.35. The second-order valence-electron chi connectivity index (χ2n) is 8.33. The zero-order valence-electron chi connectivity index (χ0n) is 16.9. The number of carbonyl (C=O) groups is 4. The van der Waals surface area contributed by atoms with Crippen LogP contribution in [-0.4, -0.2) is 71.1 Å². The first-order valence-corrected chi connectivity index (χ1v) is 9.88. The maximum Gasteiger partial charge on any atom is 0.326 e. The van der Waals surface area contributed by atoms with E-state index in [0.717, 1.165) is 0 Å². The summed E-state index contributed by atoms with van der Waals surface area (Å²) in [5, 5.41) is 14.7. The minimum Gasteiger partial charge on any atom is -0.480 e. The van der Waals surface area contributed by atoms with Gasteiger partial charge in [-0.1, -0.05) is 27.7 Å². The van der Waals surface area contributed by atoms with Crippen LogP contribution in [0.1, 0.15) is 47.0 Å². The van der Waals surface area contributed by atoms with E-state index < -0.39 is 42.1 Å². The van der Waals surface area contributed by atoms with E-state index in [-0.39, 0.29) is 17.7 Å². The van der Waals surface area contributed by atoms with E-state index in [1.807, 2.05) is 27.7 Å². The predicted molar refractivity (Wildman–Crippen MR) is 100 cm³/mol. The first-order chi connectivity index (χ1) is 13.1. The van der Waals surface area contributed by atoms with E-state index in [4.69, 9.17) is 4.74 Å². The number of likely N-dealkylation sites (tertiary alicyclic amines) is 1. The topological polar surface area (TPSA) is 128 Å². The van der Waals surface area contributed by atoms with Gasteiger partial charge in [0.2, 0.25) is 5.91 Å². The summed E-state index contributed by atoms with van der Waals surface area (Å²) in [6.07, 6.45) is -0.345. The van der Waals surface area contributed by atoms with Crippen LogP contribution >= 0.6 is 0 Å². The molecule has 0 aromatic rings. The van der Waals surface area contributed by atoms with Gasteiger partial charge in [0, 0.05) is 13.1 Å². The molecule has 158 valence electrons. The van der Waals surface area contributed by atoms with Gasteiger partial charge in [-0.3, -0.25) is 14.4 Å². The molecule has 2 aliphatic heterocycles. The molecule has 2 heterocycles. The van der Waals surface area contributed by atoms with Crippen molar-refractivity contribution in [3.05, 3.63) is 0 Å². The Morgan fingerprint density at radius 1 is 1.07 bits per heavy atom. The van der Waals surface area contributed by atoms with Crippen molar-refractivity contribution in [3.63, 3.8) is 0 Å². The molecule has 3 amide bonds. The minimum atomic E-state index is -1.03. The Kier molecular flexibility index (Phi) is 7.40. The van der Waals surface area contributed by atoms with Gasteiger partial charge >= 0.3 is 5.97 Å². The van der Waals surface area contributed by atoms with Crippen LogP contribution in [0.15, 0.2) is 0 Å². The van der Waals surface area contributed by atoms with Crippen LogP contribution in [0.4, 0.5) is 0 Å². The lowest BCUT2D eigenvalue weighted by Crippen LogP contribution is -2.53. The summed E-state index contributed by atoms with van der Waals surface area (Å²) in [5.41, 5.74) is 0. The number of nitrogens with zero attached hydrogens (tertiary/aromatic N) is 1. The Morgan fingerprint density at radius 3 is 2.29 bits per heavy atom. The van der Waals surface area contributed by atoms with Gasteiger partial charge in [-0.05, 0) is 31.1 Å². The summed E-state index contributed by atoms with van der Waals surface area (Å²) in [6, 6.07) is -1.69. The van der Waals surface area contributed by atoms with E-state index in [0.29, 0.717) is 32.4 Å². The Balaban J connectivity index is 1.97. The molecule has 0 spiro atoms. The molecule has 9 heteroatoms. The van der Waals surface area contributed by atoms with Crippen LogP contribution in [0.25, 0.3) is 0 Å². The molecule has 28 heavy (non-hydrogen) atoms. The van der Waals surface area contributed by atoms with Gasteiger partial charge < -0.3 is 25.4 Å². The summed E-state index contributed by atoms with van der Waals surface area (Å²) >= 11 is 0. The van der Waals surface area contributed by atoms with Crippen molar-refractivity contribution in [2.24, 2.45) is 11.8 Å². The monoisotopic (exact) mass is 397 g/mol. The summed E-state index contributed by atoms with van der Waals surface area (Å²) in [4.78, 5) is 50.1. The zero-order valence-corrected chi connectivity index (χ0v) is 16.9. The number of rotatable bonds is 9. The number of carbonyl (C=O) groups excluding carboxylic acids is 3. The van der Waals surface area contributed by atoms with Gasteiger partial charge in [0.15, 0.2) is 12.2 Å². The number of hydrogen-bond donors (Lipinski definition) is 3. The fourth-order valence-corrected chi connectivity index (χ4v) is 3.35. The van der Waals surface area contributed by atoms with Crippen molar-refractivity contribution in [1.82, 2.24) is 15.5 Å². The highest BCUT2D eigenvalue weighted by molar-refractivity contribution is 5.97. The Labute approximate surface area is 165 Å². The largest absolute Gasteiger partial charge is 0.480 e. The second-order valence-corrected chi connectivity index (χ2v) is 8.33. The highest BCUT2D eigenvalue weighted by Gasteiger charge is 2.51. The molecule has 2 aliphatic rings. The summed E-state index contributed by atoms with van der Waals surface area (Å²) < 4.78 is 5.20. The number of carboxylic acid groups (broad SMARTS) is 1. The van der Waals surface area contributed by atoms with E-state index >= 15 is 0 Å². The van der Waals surface area contributed by atoms with Gasteiger partial charge in [0.05, 0.1) is 0 Å². The van der Waals surface area contributed by atoms with Gasteiger partial charge in [-0.2, -0.15) is 0 Å². The lowest BCUT2D eigenvalue weighted by molar-refractivity contribution is -0.149. The average molecular weight is 397 g/mol.